The fourth-order valence-electron chi connectivity index (χ4n) is 6.96. The fourth-order valence-corrected chi connectivity index (χ4v) is 7.97. The summed E-state index contributed by atoms with van der Waals surface area (Å²) < 4.78 is 42.0. The van der Waals surface area contributed by atoms with Gasteiger partial charge >= 0.3 is 6.18 Å². The highest BCUT2D eigenvalue weighted by Gasteiger charge is 2.37. The van der Waals surface area contributed by atoms with Crippen molar-refractivity contribution in [2.75, 3.05) is 11.9 Å². The first-order valence-electron chi connectivity index (χ1n) is 16.5. The van der Waals surface area contributed by atoms with Crippen molar-refractivity contribution in [1.82, 2.24) is 19.9 Å². The molecule has 0 radical (unpaired) electrons. The number of rotatable bonds is 9. The highest BCUT2D eigenvalue weighted by atomic mass is 32.1. The third kappa shape index (κ3) is 6.25. The van der Waals surface area contributed by atoms with Crippen LogP contribution in [0.25, 0.3) is 42.9 Å². The van der Waals surface area contributed by atoms with Gasteiger partial charge in [0.25, 0.3) is 5.91 Å². The second-order valence-electron chi connectivity index (χ2n) is 12.4. The van der Waals surface area contributed by atoms with Crippen molar-refractivity contribution in [3.05, 3.63) is 138 Å². The highest BCUT2D eigenvalue weighted by Crippen LogP contribution is 2.47. The van der Waals surface area contributed by atoms with E-state index in [-0.39, 0.29) is 5.91 Å². The molecule has 1 aliphatic carbocycles. The quantitative estimate of drug-likeness (QED) is 0.157. The molecular formula is C40H30F3N5O2S. The van der Waals surface area contributed by atoms with Crippen LogP contribution in [0.3, 0.4) is 0 Å². The van der Waals surface area contributed by atoms with Crippen LogP contribution in [-0.4, -0.2) is 39.1 Å². The summed E-state index contributed by atoms with van der Waals surface area (Å²) in [5, 5.41) is 5.91. The second kappa shape index (κ2) is 13.1. The molecule has 2 N–H and O–H groups in total. The number of thiazole rings is 1. The van der Waals surface area contributed by atoms with Crippen LogP contribution in [0.4, 0.5) is 19.1 Å². The molecule has 1 unspecified atom stereocenters. The van der Waals surface area contributed by atoms with Crippen LogP contribution in [0.5, 0.6) is 0 Å². The Morgan fingerprint density at radius 1 is 0.765 bits per heavy atom. The summed E-state index contributed by atoms with van der Waals surface area (Å²) >= 11 is 1.53. The van der Waals surface area contributed by atoms with E-state index in [9.17, 15) is 22.8 Å². The van der Waals surface area contributed by atoms with E-state index in [2.05, 4.69) is 10.6 Å². The molecule has 0 fully saturated rings. The molecule has 0 spiro atoms. The first-order chi connectivity index (χ1) is 24.7. The number of amides is 2. The van der Waals surface area contributed by atoms with E-state index >= 15 is 0 Å². The van der Waals surface area contributed by atoms with E-state index in [1.807, 2.05) is 102 Å². The van der Waals surface area contributed by atoms with Gasteiger partial charge in [-0.1, -0.05) is 84.9 Å². The van der Waals surface area contributed by atoms with Crippen molar-refractivity contribution in [3.8, 4) is 21.7 Å². The number of halogens is 3. The molecule has 0 aliphatic heterocycles. The summed E-state index contributed by atoms with van der Waals surface area (Å²) in [7, 11) is 0. The van der Waals surface area contributed by atoms with Gasteiger partial charge in [-0.15, -0.1) is 11.3 Å². The molecule has 0 bridgehead atoms. The number of alkyl halides is 3. The lowest BCUT2D eigenvalue weighted by atomic mass is 9.93. The number of fused-ring (bicyclic) bond motifs is 5. The molecular weight excluding hydrogens is 672 g/mol. The predicted octanol–water partition coefficient (Wildman–Crippen LogP) is 8.99. The van der Waals surface area contributed by atoms with Gasteiger partial charge in [0, 0.05) is 12.1 Å². The van der Waals surface area contributed by atoms with Crippen molar-refractivity contribution in [1.29, 1.82) is 0 Å². The molecule has 1 atom stereocenters. The number of benzene rings is 5. The molecule has 1 aliphatic rings. The van der Waals surface area contributed by atoms with Crippen molar-refractivity contribution in [2.45, 2.75) is 31.5 Å². The summed E-state index contributed by atoms with van der Waals surface area (Å²) in [6, 6.07) is 36.0. The smallest absolute Gasteiger partial charge is 0.346 e. The highest BCUT2D eigenvalue weighted by molar-refractivity contribution is 7.21. The Balaban J connectivity index is 1.06. The molecule has 0 saturated heterocycles. The molecule has 2 aromatic heterocycles. The maximum absolute atomic E-state index is 13.9. The first-order valence-corrected chi connectivity index (χ1v) is 17.3. The first kappa shape index (κ1) is 32.4. The minimum absolute atomic E-state index is 0.297. The number of carbonyl (C=O) groups excluding carboxylic acids is 2. The molecule has 7 nitrogen and oxygen atoms in total. The molecule has 7 aromatic rings. The number of nitrogens with one attached hydrogen (secondary N) is 2. The maximum Gasteiger partial charge on any atom is 0.405 e. The Morgan fingerprint density at radius 2 is 1.47 bits per heavy atom. The normalized spacial score (nSPS) is 13.7. The van der Waals surface area contributed by atoms with Crippen molar-refractivity contribution in [3.63, 3.8) is 0 Å². The number of para-hydroxylation sites is 3. The molecule has 254 valence electrons. The summed E-state index contributed by atoms with van der Waals surface area (Å²) in [6.45, 7) is -0.860. The third-order valence-corrected chi connectivity index (χ3v) is 10.2. The van der Waals surface area contributed by atoms with Crippen molar-refractivity contribution >= 4 is 50.3 Å². The largest absolute Gasteiger partial charge is 0.405 e. The van der Waals surface area contributed by atoms with Crippen LogP contribution in [-0.2, 0) is 17.8 Å². The molecule has 5 aromatic carbocycles. The van der Waals surface area contributed by atoms with Gasteiger partial charge in [0.05, 0.1) is 32.7 Å². The Bertz CT molecular complexity index is 2420. The summed E-state index contributed by atoms with van der Waals surface area (Å²) in [5.41, 5.74) is 7.83. The van der Waals surface area contributed by atoms with Gasteiger partial charge < -0.3 is 9.88 Å². The Kier molecular flexibility index (Phi) is 8.35. The summed E-state index contributed by atoms with van der Waals surface area (Å²) in [4.78, 5) is 36.6. The second-order valence-corrected chi connectivity index (χ2v) is 13.4. The van der Waals surface area contributed by atoms with E-state index in [0.717, 1.165) is 48.5 Å². The number of hydrogen-bond acceptors (Lipinski definition) is 5. The average molecular weight is 702 g/mol. The molecule has 0 saturated carbocycles. The predicted molar refractivity (Wildman–Crippen MR) is 194 cm³/mol. The zero-order valence-electron chi connectivity index (χ0n) is 27.1. The summed E-state index contributed by atoms with van der Waals surface area (Å²) in [6.07, 6.45) is -3.22. The lowest BCUT2D eigenvalue weighted by molar-refractivity contribution is -0.138. The van der Waals surface area contributed by atoms with Gasteiger partial charge in [0.15, 0.2) is 0 Å². The molecule has 2 amide bonds. The average Bonchev–Trinajstić information content (AvgIpc) is 3.82. The Labute approximate surface area is 294 Å². The van der Waals surface area contributed by atoms with Gasteiger partial charge in [0.2, 0.25) is 11.9 Å². The van der Waals surface area contributed by atoms with Gasteiger partial charge in [-0.3, -0.25) is 14.9 Å². The van der Waals surface area contributed by atoms with Crippen LogP contribution in [0, 0.1) is 0 Å². The minimum Gasteiger partial charge on any atom is -0.346 e. The number of imidazole rings is 1. The van der Waals surface area contributed by atoms with Gasteiger partial charge in [0.1, 0.15) is 11.6 Å². The van der Waals surface area contributed by atoms with Gasteiger partial charge in [-0.05, 0) is 71.0 Å². The van der Waals surface area contributed by atoms with Gasteiger partial charge in [-0.25, -0.2) is 9.97 Å². The van der Waals surface area contributed by atoms with Crippen LogP contribution in [0.2, 0.25) is 0 Å². The molecule has 2 heterocycles. The van der Waals surface area contributed by atoms with E-state index < -0.39 is 24.5 Å². The number of aromatic nitrogens is 3. The zero-order valence-corrected chi connectivity index (χ0v) is 27.9. The zero-order chi connectivity index (χ0) is 35.1. The number of nitrogens with zero attached hydrogens (tertiary/aromatic N) is 3. The lowest BCUT2D eigenvalue weighted by Crippen LogP contribution is -2.36. The van der Waals surface area contributed by atoms with E-state index in [0.29, 0.717) is 42.0 Å². The van der Waals surface area contributed by atoms with Crippen LogP contribution in [0.15, 0.2) is 115 Å². The standard InChI is InChI=1S/C40H30F3N5O2S/c41-40(42,43)23-44-37(50)35-26-14-2-1-13-25(26)34-24(11-9-17-29(34)35)12-10-22-48-32-20-7-5-18-30(32)46-39(48)47-36(49)27-15-3-4-16-28(27)38-45-31-19-6-8-21-33(31)51-38/h1-9,11,13-21,35H,10,12,22-23H2,(H,44,50)(H,46,47,49). The summed E-state index contributed by atoms with van der Waals surface area (Å²) in [5.74, 6) is -1.38. The fraction of sp³-hybridized carbons (Fsp3) is 0.150. The molecule has 8 rings (SSSR count). The van der Waals surface area contributed by atoms with Crippen LogP contribution < -0.4 is 10.6 Å². The Morgan fingerprint density at radius 3 is 2.29 bits per heavy atom. The molecule has 11 heteroatoms. The minimum atomic E-state index is -4.51. The Hall–Kier alpha value is -5.81. The van der Waals surface area contributed by atoms with Crippen molar-refractivity contribution in [2.24, 2.45) is 0 Å². The topological polar surface area (TPSA) is 88.9 Å². The SMILES string of the molecule is O=C(Nc1nc2ccccc2n1CCCc1cccc2c1-c1ccccc1C2C(=O)NCC(F)(F)F)c1ccccc1-c1nc2ccccc2s1. The number of carbonyl (C=O) groups is 2. The number of aryl methyl sites for hydroxylation is 2. The maximum atomic E-state index is 13.9. The van der Waals surface area contributed by atoms with Crippen molar-refractivity contribution < 1.29 is 22.8 Å². The van der Waals surface area contributed by atoms with Crippen LogP contribution >= 0.6 is 11.3 Å². The van der Waals surface area contributed by atoms with E-state index in [1.165, 1.54) is 11.3 Å². The molecule has 51 heavy (non-hydrogen) atoms. The van der Waals surface area contributed by atoms with Crippen LogP contribution in [0.1, 0.15) is 39.4 Å². The van der Waals surface area contributed by atoms with E-state index in [1.54, 1.807) is 18.2 Å². The number of hydrogen-bond donors (Lipinski definition) is 2. The van der Waals surface area contributed by atoms with Gasteiger partial charge in [-0.2, -0.15) is 13.2 Å². The number of anilines is 1. The third-order valence-electron chi connectivity index (χ3n) is 9.16. The lowest BCUT2D eigenvalue weighted by Gasteiger charge is -2.16. The monoisotopic (exact) mass is 701 g/mol. The van der Waals surface area contributed by atoms with E-state index in [4.69, 9.17) is 9.97 Å².